The normalized spacial score (nSPS) is 10.3. The molecule has 0 spiro atoms. The summed E-state index contributed by atoms with van der Waals surface area (Å²) in [6, 6.07) is 20.6. The summed E-state index contributed by atoms with van der Waals surface area (Å²) in [7, 11) is 3.16. The number of hydrogen-bond donors (Lipinski definition) is 1. The third-order valence-corrected chi connectivity index (χ3v) is 4.22. The van der Waals surface area contributed by atoms with Gasteiger partial charge in [0.15, 0.2) is 11.5 Å². The molecule has 0 saturated carbocycles. The van der Waals surface area contributed by atoms with E-state index in [1.54, 1.807) is 26.4 Å². The number of benzene rings is 3. The summed E-state index contributed by atoms with van der Waals surface area (Å²) < 4.78 is 16.6. The van der Waals surface area contributed by atoms with Gasteiger partial charge in [-0.2, -0.15) is 0 Å². The molecule has 4 nitrogen and oxygen atoms in total. The molecule has 0 aliphatic rings. The van der Waals surface area contributed by atoms with Gasteiger partial charge in [-0.05, 0) is 46.5 Å². The molecule has 3 aromatic rings. The molecule has 0 fully saturated rings. The maximum atomic E-state index is 9.88. The van der Waals surface area contributed by atoms with Crippen LogP contribution in [0.3, 0.4) is 0 Å². The Kier molecular flexibility index (Phi) is 5.67. The number of ether oxygens (including phenoxy) is 3. The van der Waals surface area contributed by atoms with Crippen LogP contribution in [0.25, 0.3) is 5.57 Å². The zero-order valence-electron chi connectivity index (χ0n) is 15.4. The van der Waals surface area contributed by atoms with Crippen molar-refractivity contribution in [1.82, 2.24) is 0 Å². The topological polar surface area (TPSA) is 47.9 Å². The van der Waals surface area contributed by atoms with Crippen molar-refractivity contribution in [1.29, 1.82) is 0 Å². The monoisotopic (exact) mass is 362 g/mol. The van der Waals surface area contributed by atoms with Crippen LogP contribution in [-0.2, 0) is 6.61 Å². The molecule has 0 aliphatic heterocycles. The highest BCUT2D eigenvalue weighted by Gasteiger charge is 2.11. The van der Waals surface area contributed by atoms with Crippen molar-refractivity contribution in [3.63, 3.8) is 0 Å². The second-order valence-corrected chi connectivity index (χ2v) is 6.04. The fourth-order valence-corrected chi connectivity index (χ4v) is 2.75. The van der Waals surface area contributed by atoms with E-state index in [0.29, 0.717) is 23.9 Å². The Morgan fingerprint density at radius 3 is 2.33 bits per heavy atom. The summed E-state index contributed by atoms with van der Waals surface area (Å²) in [6.45, 7) is 4.61. The van der Waals surface area contributed by atoms with Crippen molar-refractivity contribution in [2.45, 2.75) is 6.61 Å². The zero-order chi connectivity index (χ0) is 19.2. The number of aromatic hydroxyl groups is 1. The Labute approximate surface area is 159 Å². The third kappa shape index (κ3) is 4.42. The fourth-order valence-electron chi connectivity index (χ4n) is 2.75. The fraction of sp³-hybridized carbons (Fsp3) is 0.130. The first-order valence-corrected chi connectivity index (χ1v) is 8.53. The molecule has 138 valence electrons. The first-order valence-electron chi connectivity index (χ1n) is 8.53. The van der Waals surface area contributed by atoms with Crippen LogP contribution in [0.4, 0.5) is 0 Å². The second-order valence-electron chi connectivity index (χ2n) is 6.04. The Morgan fingerprint density at radius 1 is 0.852 bits per heavy atom. The van der Waals surface area contributed by atoms with E-state index in [1.165, 1.54) is 0 Å². The highest BCUT2D eigenvalue weighted by Crippen LogP contribution is 2.34. The van der Waals surface area contributed by atoms with Gasteiger partial charge in [0.05, 0.1) is 14.2 Å². The molecule has 0 unspecified atom stereocenters. The van der Waals surface area contributed by atoms with Crippen LogP contribution < -0.4 is 14.2 Å². The molecule has 0 radical (unpaired) electrons. The summed E-state index contributed by atoms with van der Waals surface area (Å²) in [5.74, 6) is 1.98. The van der Waals surface area contributed by atoms with Crippen molar-refractivity contribution < 1.29 is 19.3 Å². The predicted molar refractivity (Wildman–Crippen MR) is 107 cm³/mol. The van der Waals surface area contributed by atoms with Gasteiger partial charge in [0, 0.05) is 6.07 Å². The Balaban J connectivity index is 1.83. The molecule has 27 heavy (non-hydrogen) atoms. The van der Waals surface area contributed by atoms with E-state index >= 15 is 0 Å². The van der Waals surface area contributed by atoms with Crippen LogP contribution in [-0.4, -0.2) is 19.3 Å². The van der Waals surface area contributed by atoms with Crippen molar-refractivity contribution >= 4 is 5.57 Å². The first kappa shape index (κ1) is 18.4. The van der Waals surface area contributed by atoms with Crippen LogP contribution >= 0.6 is 0 Å². The minimum absolute atomic E-state index is 0.125. The van der Waals surface area contributed by atoms with Crippen molar-refractivity contribution in [3.05, 3.63) is 90.0 Å². The molecule has 0 bridgehead atoms. The largest absolute Gasteiger partial charge is 0.508 e. The molecule has 0 amide bonds. The van der Waals surface area contributed by atoms with E-state index in [1.807, 2.05) is 54.6 Å². The molecular formula is C23H22O4. The van der Waals surface area contributed by atoms with E-state index in [0.717, 1.165) is 22.3 Å². The highest BCUT2D eigenvalue weighted by atomic mass is 16.5. The lowest BCUT2D eigenvalue weighted by atomic mass is 9.98. The summed E-state index contributed by atoms with van der Waals surface area (Å²) in [5, 5.41) is 9.88. The molecule has 3 aromatic carbocycles. The SMILES string of the molecule is C=C(c1cc(O)cc(OC)c1)c1ccc(OCc2ccccc2)c(OC)c1. The van der Waals surface area contributed by atoms with Crippen LogP contribution in [0.5, 0.6) is 23.0 Å². The number of methoxy groups -OCH3 is 2. The van der Waals surface area contributed by atoms with Gasteiger partial charge in [-0.3, -0.25) is 0 Å². The Hall–Kier alpha value is -3.40. The molecule has 3 rings (SSSR count). The molecule has 0 aliphatic carbocycles. The molecule has 0 heterocycles. The molecule has 0 aromatic heterocycles. The number of rotatable bonds is 7. The average molecular weight is 362 g/mol. The average Bonchev–Trinajstić information content (AvgIpc) is 2.71. The summed E-state index contributed by atoms with van der Waals surface area (Å²) in [6.07, 6.45) is 0. The smallest absolute Gasteiger partial charge is 0.161 e. The van der Waals surface area contributed by atoms with Crippen LogP contribution in [0.2, 0.25) is 0 Å². The second kappa shape index (κ2) is 8.32. The summed E-state index contributed by atoms with van der Waals surface area (Å²) >= 11 is 0. The van der Waals surface area contributed by atoms with Gasteiger partial charge >= 0.3 is 0 Å². The van der Waals surface area contributed by atoms with Crippen LogP contribution in [0, 0.1) is 0 Å². The third-order valence-electron chi connectivity index (χ3n) is 4.22. The van der Waals surface area contributed by atoms with E-state index in [-0.39, 0.29) is 5.75 Å². The molecule has 1 N–H and O–H groups in total. The van der Waals surface area contributed by atoms with E-state index < -0.39 is 0 Å². The summed E-state index contributed by atoms with van der Waals surface area (Å²) in [4.78, 5) is 0. The highest BCUT2D eigenvalue weighted by molar-refractivity contribution is 5.80. The number of hydrogen-bond acceptors (Lipinski definition) is 4. The number of phenols is 1. The molecule has 0 saturated heterocycles. The lowest BCUT2D eigenvalue weighted by molar-refractivity contribution is 0.284. The van der Waals surface area contributed by atoms with Crippen molar-refractivity contribution in [3.8, 4) is 23.0 Å². The van der Waals surface area contributed by atoms with Gasteiger partial charge in [0.25, 0.3) is 0 Å². The van der Waals surface area contributed by atoms with Crippen molar-refractivity contribution in [2.75, 3.05) is 14.2 Å². The molecular weight excluding hydrogens is 340 g/mol. The van der Waals surface area contributed by atoms with E-state index in [4.69, 9.17) is 14.2 Å². The zero-order valence-corrected chi connectivity index (χ0v) is 15.4. The Bertz CT molecular complexity index is 932. The standard InChI is InChI=1S/C23H22O4/c1-16(19-11-20(24)14-21(12-19)25-2)18-9-10-22(23(13-18)26-3)27-15-17-7-5-4-6-8-17/h4-14,24H,1,15H2,2-3H3. The van der Waals surface area contributed by atoms with Crippen molar-refractivity contribution in [2.24, 2.45) is 0 Å². The van der Waals surface area contributed by atoms with E-state index in [2.05, 4.69) is 6.58 Å². The van der Waals surface area contributed by atoms with Gasteiger partial charge in [-0.15, -0.1) is 0 Å². The quantitative estimate of drug-likeness (QED) is 0.639. The van der Waals surface area contributed by atoms with Crippen LogP contribution in [0.15, 0.2) is 73.3 Å². The summed E-state index contributed by atoms with van der Waals surface area (Å²) in [5.41, 5.74) is 3.47. The van der Waals surface area contributed by atoms with Gasteiger partial charge in [-0.1, -0.05) is 43.0 Å². The van der Waals surface area contributed by atoms with Gasteiger partial charge < -0.3 is 19.3 Å². The maximum absolute atomic E-state index is 9.88. The predicted octanol–water partition coefficient (Wildman–Crippen LogP) is 5.05. The van der Waals surface area contributed by atoms with Crippen LogP contribution in [0.1, 0.15) is 16.7 Å². The molecule has 0 atom stereocenters. The molecule has 4 heteroatoms. The minimum Gasteiger partial charge on any atom is -0.508 e. The van der Waals surface area contributed by atoms with Gasteiger partial charge in [0.1, 0.15) is 18.1 Å². The van der Waals surface area contributed by atoms with Gasteiger partial charge in [-0.25, -0.2) is 0 Å². The lowest BCUT2D eigenvalue weighted by Gasteiger charge is -2.14. The Morgan fingerprint density at radius 2 is 1.63 bits per heavy atom. The number of phenolic OH excluding ortho intramolecular Hbond substituents is 1. The lowest BCUT2D eigenvalue weighted by Crippen LogP contribution is -1.98. The van der Waals surface area contributed by atoms with E-state index in [9.17, 15) is 5.11 Å². The minimum atomic E-state index is 0.125. The van der Waals surface area contributed by atoms with Gasteiger partial charge in [0.2, 0.25) is 0 Å². The maximum Gasteiger partial charge on any atom is 0.161 e. The first-order chi connectivity index (χ1) is 13.1.